The van der Waals surface area contributed by atoms with E-state index in [0.29, 0.717) is 23.1 Å². The normalized spacial score (nSPS) is 11.7. The van der Waals surface area contributed by atoms with Gasteiger partial charge in [0.1, 0.15) is 11.5 Å². The van der Waals surface area contributed by atoms with Gasteiger partial charge in [-0.1, -0.05) is 24.3 Å². The van der Waals surface area contributed by atoms with Crippen molar-refractivity contribution in [2.45, 2.75) is 32.9 Å². The molecule has 1 atom stereocenters. The van der Waals surface area contributed by atoms with Gasteiger partial charge in [0.25, 0.3) is 5.91 Å². The van der Waals surface area contributed by atoms with Gasteiger partial charge in [-0.2, -0.15) is 0 Å². The number of oxazole rings is 1. The lowest BCUT2D eigenvalue weighted by molar-refractivity contribution is -0.154. The Labute approximate surface area is 172 Å². The Bertz CT molecular complexity index is 981. The standard InChI is InChI=1S/C21H22N2O5S/c1-13-16(23-21(28-13)18-9-6-10-29-18)11-19(24)27-14(2)20(25)22-12-15-7-4-5-8-17(15)26-3/h4-10,14H,11-12H2,1-3H3,(H,22,25). The van der Waals surface area contributed by atoms with E-state index in [1.54, 1.807) is 14.0 Å². The lowest BCUT2D eigenvalue weighted by atomic mass is 10.2. The SMILES string of the molecule is COc1ccccc1CNC(=O)C(C)OC(=O)Cc1nc(-c2cccs2)oc1C. The number of nitrogens with one attached hydrogen (secondary N) is 1. The average molecular weight is 414 g/mol. The molecule has 0 aliphatic rings. The smallest absolute Gasteiger partial charge is 0.312 e. The van der Waals surface area contributed by atoms with Crippen molar-refractivity contribution in [3.8, 4) is 16.5 Å². The predicted octanol–water partition coefficient (Wildman–Crippen LogP) is 3.51. The van der Waals surface area contributed by atoms with Crippen molar-refractivity contribution in [1.82, 2.24) is 10.3 Å². The predicted molar refractivity (Wildman–Crippen MR) is 109 cm³/mol. The van der Waals surface area contributed by atoms with Gasteiger partial charge in [0, 0.05) is 12.1 Å². The van der Waals surface area contributed by atoms with Crippen LogP contribution >= 0.6 is 11.3 Å². The Hall–Kier alpha value is -3.13. The molecule has 1 unspecified atom stereocenters. The van der Waals surface area contributed by atoms with E-state index in [-0.39, 0.29) is 18.9 Å². The molecule has 29 heavy (non-hydrogen) atoms. The fourth-order valence-electron chi connectivity index (χ4n) is 2.70. The van der Waals surface area contributed by atoms with E-state index in [9.17, 15) is 9.59 Å². The van der Waals surface area contributed by atoms with Gasteiger partial charge in [0.15, 0.2) is 6.10 Å². The van der Waals surface area contributed by atoms with Crippen LogP contribution in [0.3, 0.4) is 0 Å². The summed E-state index contributed by atoms with van der Waals surface area (Å²) >= 11 is 1.50. The fraction of sp³-hybridized carbons (Fsp3) is 0.286. The summed E-state index contributed by atoms with van der Waals surface area (Å²) in [5.74, 6) is 0.779. The second-order valence-electron chi connectivity index (χ2n) is 6.34. The number of hydrogen-bond donors (Lipinski definition) is 1. The second kappa shape index (κ2) is 9.38. The highest BCUT2D eigenvalue weighted by atomic mass is 32.1. The molecule has 0 bridgehead atoms. The number of hydrogen-bond acceptors (Lipinski definition) is 7. The molecule has 0 saturated heterocycles. The summed E-state index contributed by atoms with van der Waals surface area (Å²) in [5, 5.41) is 4.67. The molecule has 1 N–H and O–H groups in total. The maximum Gasteiger partial charge on any atom is 0.312 e. The van der Waals surface area contributed by atoms with Gasteiger partial charge in [-0.25, -0.2) is 4.98 Å². The molecular weight excluding hydrogens is 392 g/mol. The van der Waals surface area contributed by atoms with Gasteiger partial charge < -0.3 is 19.2 Å². The number of nitrogens with zero attached hydrogens (tertiary/aromatic N) is 1. The zero-order valence-electron chi connectivity index (χ0n) is 16.4. The highest BCUT2D eigenvalue weighted by Gasteiger charge is 2.21. The van der Waals surface area contributed by atoms with Crippen LogP contribution in [0.2, 0.25) is 0 Å². The Morgan fingerprint density at radius 2 is 2.03 bits per heavy atom. The molecule has 0 fully saturated rings. The number of aromatic nitrogens is 1. The van der Waals surface area contributed by atoms with Gasteiger partial charge in [0.05, 0.1) is 24.1 Å². The van der Waals surface area contributed by atoms with Crippen LogP contribution in [0.1, 0.15) is 23.9 Å². The van der Waals surface area contributed by atoms with Crippen molar-refractivity contribution in [2.75, 3.05) is 7.11 Å². The topological polar surface area (TPSA) is 90.7 Å². The number of esters is 1. The average Bonchev–Trinajstić information content (AvgIpc) is 3.36. The van der Waals surface area contributed by atoms with Crippen LogP contribution in [0.25, 0.3) is 10.8 Å². The molecular formula is C21H22N2O5S. The van der Waals surface area contributed by atoms with Crippen LogP contribution in [0.15, 0.2) is 46.2 Å². The maximum absolute atomic E-state index is 12.3. The third kappa shape index (κ3) is 5.23. The largest absolute Gasteiger partial charge is 0.496 e. The number of carbonyl (C=O) groups excluding carboxylic acids is 2. The first-order valence-electron chi connectivity index (χ1n) is 9.07. The molecule has 8 heteroatoms. The number of methoxy groups -OCH3 is 1. The fourth-order valence-corrected chi connectivity index (χ4v) is 3.35. The van der Waals surface area contributed by atoms with Crippen molar-refractivity contribution in [3.63, 3.8) is 0 Å². The van der Waals surface area contributed by atoms with E-state index in [2.05, 4.69) is 10.3 Å². The van der Waals surface area contributed by atoms with Gasteiger partial charge in [-0.3, -0.25) is 9.59 Å². The Morgan fingerprint density at radius 3 is 2.76 bits per heavy atom. The van der Waals surface area contributed by atoms with Gasteiger partial charge in [-0.05, 0) is 31.4 Å². The van der Waals surface area contributed by atoms with Crippen molar-refractivity contribution in [3.05, 3.63) is 58.8 Å². The molecule has 0 spiro atoms. The van der Waals surface area contributed by atoms with Crippen LogP contribution in [-0.2, 0) is 27.3 Å². The number of ether oxygens (including phenoxy) is 2. The van der Waals surface area contributed by atoms with Crippen molar-refractivity contribution in [2.24, 2.45) is 0 Å². The monoisotopic (exact) mass is 414 g/mol. The van der Waals surface area contributed by atoms with Gasteiger partial charge >= 0.3 is 5.97 Å². The summed E-state index contributed by atoms with van der Waals surface area (Å²) < 4.78 is 16.1. The first-order valence-corrected chi connectivity index (χ1v) is 9.95. The van der Waals surface area contributed by atoms with Crippen molar-refractivity contribution < 1.29 is 23.5 Å². The molecule has 2 heterocycles. The molecule has 3 rings (SSSR count). The minimum Gasteiger partial charge on any atom is -0.496 e. The van der Waals surface area contributed by atoms with E-state index in [4.69, 9.17) is 13.9 Å². The summed E-state index contributed by atoms with van der Waals surface area (Å²) in [6, 6.07) is 11.2. The van der Waals surface area contributed by atoms with E-state index < -0.39 is 12.1 Å². The molecule has 0 saturated carbocycles. The minimum absolute atomic E-state index is 0.0646. The number of aryl methyl sites for hydroxylation is 1. The highest BCUT2D eigenvalue weighted by Crippen LogP contribution is 2.26. The summed E-state index contributed by atoms with van der Waals surface area (Å²) in [6.07, 6.45) is -0.994. The molecule has 1 amide bonds. The summed E-state index contributed by atoms with van der Waals surface area (Å²) in [6.45, 7) is 3.55. The summed E-state index contributed by atoms with van der Waals surface area (Å²) in [4.78, 5) is 29.8. The third-order valence-corrected chi connectivity index (χ3v) is 5.12. The minimum atomic E-state index is -0.929. The second-order valence-corrected chi connectivity index (χ2v) is 7.29. The Morgan fingerprint density at radius 1 is 1.24 bits per heavy atom. The molecule has 0 radical (unpaired) electrons. The number of para-hydroxylation sites is 1. The van der Waals surface area contributed by atoms with Crippen LogP contribution in [0.5, 0.6) is 5.75 Å². The zero-order chi connectivity index (χ0) is 20.8. The van der Waals surface area contributed by atoms with Crippen LogP contribution in [0, 0.1) is 6.92 Å². The first kappa shape index (κ1) is 20.6. The van der Waals surface area contributed by atoms with Gasteiger partial charge in [0.2, 0.25) is 5.89 Å². The van der Waals surface area contributed by atoms with Crippen molar-refractivity contribution in [1.29, 1.82) is 0 Å². The summed E-state index contributed by atoms with van der Waals surface area (Å²) in [7, 11) is 1.57. The maximum atomic E-state index is 12.3. The number of carbonyl (C=O) groups is 2. The molecule has 3 aromatic rings. The quantitative estimate of drug-likeness (QED) is 0.567. The Kier molecular flexibility index (Phi) is 6.66. The zero-order valence-corrected chi connectivity index (χ0v) is 17.2. The summed E-state index contributed by atoms with van der Waals surface area (Å²) in [5.41, 5.74) is 1.33. The van der Waals surface area contributed by atoms with E-state index in [1.165, 1.54) is 18.3 Å². The van der Waals surface area contributed by atoms with Crippen LogP contribution in [0.4, 0.5) is 0 Å². The molecule has 152 valence electrons. The Balaban J connectivity index is 1.53. The number of amides is 1. The lowest BCUT2D eigenvalue weighted by Gasteiger charge is -2.14. The van der Waals surface area contributed by atoms with E-state index in [0.717, 1.165) is 10.4 Å². The molecule has 2 aromatic heterocycles. The molecule has 0 aliphatic carbocycles. The third-order valence-electron chi connectivity index (χ3n) is 4.26. The molecule has 0 aliphatic heterocycles. The number of thiophene rings is 1. The van der Waals surface area contributed by atoms with Crippen LogP contribution in [-0.4, -0.2) is 30.1 Å². The van der Waals surface area contributed by atoms with E-state index >= 15 is 0 Å². The number of benzene rings is 1. The molecule has 7 nitrogen and oxygen atoms in total. The lowest BCUT2D eigenvalue weighted by Crippen LogP contribution is -2.35. The molecule has 1 aromatic carbocycles. The van der Waals surface area contributed by atoms with Crippen molar-refractivity contribution >= 4 is 23.2 Å². The van der Waals surface area contributed by atoms with Crippen LogP contribution < -0.4 is 10.1 Å². The number of rotatable bonds is 8. The highest BCUT2D eigenvalue weighted by molar-refractivity contribution is 7.13. The first-order chi connectivity index (χ1) is 14.0. The van der Waals surface area contributed by atoms with Gasteiger partial charge in [-0.15, -0.1) is 11.3 Å². The van der Waals surface area contributed by atoms with E-state index in [1.807, 2.05) is 41.8 Å².